The number of aliphatic hydroxyl groups is 1. The fourth-order valence-corrected chi connectivity index (χ4v) is 1.33. The highest BCUT2D eigenvalue weighted by Gasteiger charge is 2.06. The summed E-state index contributed by atoms with van der Waals surface area (Å²) < 4.78 is 0. The first-order valence-corrected chi connectivity index (χ1v) is 5.58. The van der Waals surface area contributed by atoms with Crippen molar-refractivity contribution >= 4 is 5.69 Å². The Kier molecular flexibility index (Phi) is 5.67. The quantitative estimate of drug-likeness (QED) is 0.696. The highest BCUT2D eigenvalue weighted by molar-refractivity contribution is 5.48. The average molecular weight is 225 g/mol. The average Bonchev–Trinajstić information content (AvgIpc) is 2.29. The van der Waals surface area contributed by atoms with Crippen LogP contribution < -0.4 is 5.06 Å². The van der Waals surface area contributed by atoms with Gasteiger partial charge in [0.05, 0.1) is 12.3 Å². The van der Waals surface area contributed by atoms with E-state index >= 15 is 0 Å². The van der Waals surface area contributed by atoms with E-state index in [9.17, 15) is 5.11 Å². The van der Waals surface area contributed by atoms with Gasteiger partial charge in [0, 0.05) is 19.2 Å². The zero-order valence-electron chi connectivity index (χ0n) is 9.59. The van der Waals surface area contributed by atoms with Crippen molar-refractivity contribution in [1.82, 2.24) is 0 Å². The Balaban J connectivity index is 2.66. The summed E-state index contributed by atoms with van der Waals surface area (Å²) in [5.41, 5.74) is 0.807. The van der Waals surface area contributed by atoms with Gasteiger partial charge in [-0.15, -0.1) is 0 Å². The lowest BCUT2D eigenvalue weighted by Gasteiger charge is -2.23. The molecule has 1 aromatic carbocycles. The predicted octanol–water partition coefficient (Wildman–Crippen LogP) is 1.92. The van der Waals surface area contributed by atoms with E-state index in [0.29, 0.717) is 19.6 Å². The molecule has 1 aromatic rings. The number of hydrogen-bond acceptors (Lipinski definition) is 4. The first-order valence-electron chi connectivity index (χ1n) is 5.58. The van der Waals surface area contributed by atoms with E-state index in [1.54, 1.807) is 23.3 Å². The van der Waals surface area contributed by atoms with Gasteiger partial charge in [-0.1, -0.05) is 13.0 Å². The second-order valence-electron chi connectivity index (χ2n) is 3.53. The van der Waals surface area contributed by atoms with Crippen molar-refractivity contribution in [3.8, 4) is 5.75 Å². The monoisotopic (exact) mass is 225 g/mol. The largest absolute Gasteiger partial charge is 0.508 e. The summed E-state index contributed by atoms with van der Waals surface area (Å²) >= 11 is 0. The highest BCUT2D eigenvalue weighted by Crippen LogP contribution is 2.20. The van der Waals surface area contributed by atoms with E-state index in [1.165, 1.54) is 0 Å². The van der Waals surface area contributed by atoms with Gasteiger partial charge in [0.2, 0.25) is 0 Å². The molecular formula is C12H19NO3. The van der Waals surface area contributed by atoms with Crippen LogP contribution in [0.2, 0.25) is 0 Å². The molecule has 0 unspecified atom stereocenters. The van der Waals surface area contributed by atoms with E-state index in [-0.39, 0.29) is 12.4 Å². The van der Waals surface area contributed by atoms with Gasteiger partial charge in [-0.3, -0.25) is 9.90 Å². The lowest BCUT2D eigenvalue weighted by atomic mass is 10.3. The lowest BCUT2D eigenvalue weighted by Crippen LogP contribution is -2.25. The van der Waals surface area contributed by atoms with Crippen LogP contribution in [0.25, 0.3) is 0 Å². The van der Waals surface area contributed by atoms with E-state index in [4.69, 9.17) is 9.94 Å². The highest BCUT2D eigenvalue weighted by atomic mass is 16.7. The van der Waals surface area contributed by atoms with Crippen LogP contribution in [0, 0.1) is 0 Å². The van der Waals surface area contributed by atoms with Crippen molar-refractivity contribution in [2.45, 2.75) is 19.8 Å². The molecule has 0 radical (unpaired) electrons. The van der Waals surface area contributed by atoms with Crippen LogP contribution in [-0.2, 0) is 4.84 Å². The maximum atomic E-state index is 9.38. The number of benzene rings is 1. The summed E-state index contributed by atoms with van der Waals surface area (Å²) in [5.74, 6) is 0.214. The van der Waals surface area contributed by atoms with Crippen molar-refractivity contribution in [2.75, 3.05) is 24.8 Å². The Bertz CT molecular complexity index is 296. The van der Waals surface area contributed by atoms with Gasteiger partial charge in [0.25, 0.3) is 0 Å². The molecule has 0 aliphatic carbocycles. The molecule has 4 nitrogen and oxygen atoms in total. The SMILES string of the molecule is CCCON(CCCO)c1cccc(O)c1. The van der Waals surface area contributed by atoms with Crippen LogP contribution in [0.4, 0.5) is 5.69 Å². The van der Waals surface area contributed by atoms with Gasteiger partial charge in [-0.05, 0) is 25.0 Å². The number of hydrogen-bond donors (Lipinski definition) is 2. The number of nitrogens with zero attached hydrogens (tertiary/aromatic N) is 1. The number of phenols is 1. The van der Waals surface area contributed by atoms with Gasteiger partial charge in [-0.25, -0.2) is 0 Å². The van der Waals surface area contributed by atoms with Crippen LogP contribution in [0.15, 0.2) is 24.3 Å². The maximum absolute atomic E-state index is 9.38. The number of phenolic OH excluding ortho intramolecular Hbond substituents is 1. The molecule has 90 valence electrons. The van der Waals surface area contributed by atoms with Crippen LogP contribution >= 0.6 is 0 Å². The molecule has 0 aliphatic rings. The third-order valence-corrected chi connectivity index (χ3v) is 2.09. The van der Waals surface area contributed by atoms with Crippen molar-refractivity contribution in [3.05, 3.63) is 24.3 Å². The first kappa shape index (κ1) is 12.8. The molecule has 2 N–H and O–H groups in total. The normalized spacial score (nSPS) is 10.4. The molecule has 0 bridgehead atoms. The van der Waals surface area contributed by atoms with Crippen LogP contribution in [0.5, 0.6) is 5.75 Å². The summed E-state index contributed by atoms with van der Waals surface area (Å²) in [6.07, 6.45) is 1.56. The minimum Gasteiger partial charge on any atom is -0.508 e. The Labute approximate surface area is 96.0 Å². The zero-order valence-corrected chi connectivity index (χ0v) is 9.59. The zero-order chi connectivity index (χ0) is 11.8. The van der Waals surface area contributed by atoms with Crippen LogP contribution in [0.1, 0.15) is 19.8 Å². The Morgan fingerprint density at radius 3 is 2.81 bits per heavy atom. The summed E-state index contributed by atoms with van der Waals surface area (Å²) in [7, 11) is 0. The number of hydroxylamine groups is 1. The molecule has 4 heteroatoms. The van der Waals surface area contributed by atoms with Crippen LogP contribution in [-0.4, -0.2) is 30.0 Å². The second kappa shape index (κ2) is 7.09. The molecule has 0 fully saturated rings. The molecule has 0 saturated heterocycles. The smallest absolute Gasteiger partial charge is 0.117 e. The Morgan fingerprint density at radius 2 is 2.19 bits per heavy atom. The van der Waals surface area contributed by atoms with Gasteiger partial charge in [0.15, 0.2) is 0 Å². The van der Waals surface area contributed by atoms with Gasteiger partial charge in [0.1, 0.15) is 5.75 Å². The van der Waals surface area contributed by atoms with Gasteiger partial charge in [-0.2, -0.15) is 0 Å². The molecule has 0 spiro atoms. The second-order valence-corrected chi connectivity index (χ2v) is 3.53. The molecule has 0 aliphatic heterocycles. The number of anilines is 1. The molecular weight excluding hydrogens is 206 g/mol. The van der Waals surface area contributed by atoms with E-state index in [0.717, 1.165) is 12.1 Å². The molecule has 1 rings (SSSR count). The third kappa shape index (κ3) is 4.08. The topological polar surface area (TPSA) is 52.9 Å². The Morgan fingerprint density at radius 1 is 1.38 bits per heavy atom. The molecule has 0 amide bonds. The number of rotatable bonds is 7. The van der Waals surface area contributed by atoms with Crippen LogP contribution in [0.3, 0.4) is 0 Å². The molecule has 16 heavy (non-hydrogen) atoms. The van der Waals surface area contributed by atoms with Crippen molar-refractivity contribution in [3.63, 3.8) is 0 Å². The summed E-state index contributed by atoms with van der Waals surface area (Å²) in [6.45, 7) is 3.40. The van der Waals surface area contributed by atoms with Gasteiger partial charge >= 0.3 is 0 Å². The Hall–Kier alpha value is -1.26. The van der Waals surface area contributed by atoms with Gasteiger partial charge < -0.3 is 10.2 Å². The summed E-state index contributed by atoms with van der Waals surface area (Å²) in [4.78, 5) is 5.55. The molecule has 0 saturated carbocycles. The van der Waals surface area contributed by atoms with E-state index in [2.05, 4.69) is 0 Å². The number of aromatic hydroxyl groups is 1. The van der Waals surface area contributed by atoms with Crippen molar-refractivity contribution in [2.24, 2.45) is 0 Å². The predicted molar refractivity (Wildman–Crippen MR) is 63.4 cm³/mol. The molecule has 0 aromatic heterocycles. The molecule has 0 atom stereocenters. The number of aliphatic hydroxyl groups excluding tert-OH is 1. The minimum absolute atomic E-state index is 0.130. The summed E-state index contributed by atoms with van der Waals surface area (Å²) in [6, 6.07) is 6.90. The third-order valence-electron chi connectivity index (χ3n) is 2.09. The lowest BCUT2D eigenvalue weighted by molar-refractivity contribution is 0.104. The molecule has 0 heterocycles. The first-order chi connectivity index (χ1) is 7.77. The van der Waals surface area contributed by atoms with Crippen molar-refractivity contribution in [1.29, 1.82) is 0 Å². The fraction of sp³-hybridized carbons (Fsp3) is 0.500. The minimum atomic E-state index is 0.130. The maximum Gasteiger partial charge on any atom is 0.117 e. The fourth-order valence-electron chi connectivity index (χ4n) is 1.33. The van der Waals surface area contributed by atoms with E-state index < -0.39 is 0 Å². The van der Waals surface area contributed by atoms with Crippen molar-refractivity contribution < 1.29 is 15.1 Å². The summed E-state index contributed by atoms with van der Waals surface area (Å²) in [5, 5.41) is 19.9. The van der Waals surface area contributed by atoms with E-state index in [1.807, 2.05) is 13.0 Å². The standard InChI is InChI=1S/C12H19NO3/c1-2-9-16-13(7-4-8-14)11-5-3-6-12(15)10-11/h3,5-6,10,14-15H,2,4,7-9H2,1H3.